The van der Waals surface area contributed by atoms with Gasteiger partial charge in [-0.2, -0.15) is 0 Å². The number of nitrogens with one attached hydrogen (secondary N) is 1. The van der Waals surface area contributed by atoms with Crippen LogP contribution in [-0.2, 0) is 10.0 Å². The van der Waals surface area contributed by atoms with Crippen molar-refractivity contribution in [1.82, 2.24) is 9.62 Å². The Morgan fingerprint density at radius 1 is 1.12 bits per heavy atom. The highest BCUT2D eigenvalue weighted by atomic mass is 32.2. The van der Waals surface area contributed by atoms with Crippen LogP contribution in [0.15, 0.2) is 23.1 Å². The van der Waals surface area contributed by atoms with Crippen LogP contribution in [0.3, 0.4) is 0 Å². The highest BCUT2D eigenvalue weighted by Crippen LogP contribution is 2.25. The molecule has 1 amide bonds. The van der Waals surface area contributed by atoms with E-state index in [9.17, 15) is 13.2 Å². The van der Waals surface area contributed by atoms with Gasteiger partial charge in [-0.15, -0.1) is 0 Å². The molecule has 1 N–H and O–H groups in total. The van der Waals surface area contributed by atoms with E-state index in [-0.39, 0.29) is 22.8 Å². The summed E-state index contributed by atoms with van der Waals surface area (Å²) in [4.78, 5) is 14.9. The van der Waals surface area contributed by atoms with E-state index >= 15 is 0 Å². The van der Waals surface area contributed by atoms with Gasteiger partial charge in [0.2, 0.25) is 10.0 Å². The van der Waals surface area contributed by atoms with E-state index in [0.717, 1.165) is 25.7 Å². The molecule has 146 valence electrons. The average molecular weight is 383 g/mol. The lowest BCUT2D eigenvalue weighted by molar-refractivity contribution is 0.0758. The summed E-state index contributed by atoms with van der Waals surface area (Å²) in [6, 6.07) is 4.26. The number of nitrogens with zero attached hydrogens (tertiary/aromatic N) is 1. The molecule has 1 atom stereocenters. The van der Waals surface area contributed by atoms with Crippen molar-refractivity contribution in [3.05, 3.63) is 23.8 Å². The lowest BCUT2D eigenvalue weighted by Gasteiger charge is -2.22. The number of carbonyl (C=O) groups excluding carboxylic acids is 1. The SMILES string of the molecule is COc1ccc(S(=O)(=O)N[C@H](C)C(C)C)cc1C(=O)N1CCCCCC1. The minimum absolute atomic E-state index is 0.0870. The molecule has 1 fully saturated rings. The normalized spacial score (nSPS) is 17.0. The first kappa shape index (κ1) is 20.7. The van der Waals surface area contributed by atoms with Crippen LogP contribution in [0.2, 0.25) is 0 Å². The molecule has 0 radical (unpaired) electrons. The fraction of sp³-hybridized carbons (Fsp3) is 0.632. The molecule has 1 heterocycles. The lowest BCUT2D eigenvalue weighted by Crippen LogP contribution is -2.36. The number of ether oxygens (including phenoxy) is 1. The molecule has 2 rings (SSSR count). The molecule has 26 heavy (non-hydrogen) atoms. The van der Waals surface area contributed by atoms with Gasteiger partial charge in [-0.3, -0.25) is 4.79 Å². The summed E-state index contributed by atoms with van der Waals surface area (Å²) in [6.07, 6.45) is 4.18. The molecule has 1 saturated heterocycles. The molecular formula is C19H30N2O4S. The Bertz CT molecular complexity index is 723. The van der Waals surface area contributed by atoms with Crippen LogP contribution >= 0.6 is 0 Å². The highest BCUT2D eigenvalue weighted by Gasteiger charge is 2.25. The summed E-state index contributed by atoms with van der Waals surface area (Å²) in [5, 5.41) is 0. The molecule has 1 aromatic rings. The molecule has 0 spiro atoms. The summed E-state index contributed by atoms with van der Waals surface area (Å²) in [7, 11) is -2.21. The fourth-order valence-electron chi connectivity index (χ4n) is 2.91. The molecule has 0 aromatic heterocycles. The van der Waals surface area contributed by atoms with Crippen LogP contribution in [0.1, 0.15) is 56.8 Å². The maximum absolute atomic E-state index is 13.0. The van der Waals surface area contributed by atoms with Crippen LogP contribution in [-0.4, -0.2) is 45.5 Å². The Balaban J connectivity index is 2.34. The van der Waals surface area contributed by atoms with Gasteiger partial charge < -0.3 is 9.64 Å². The standard InChI is InChI=1S/C19H30N2O4S/c1-14(2)15(3)20-26(23,24)16-9-10-18(25-4)17(13-16)19(22)21-11-7-5-6-8-12-21/h9-10,13-15,20H,5-8,11-12H2,1-4H3/t15-/m1/s1. The first-order chi connectivity index (χ1) is 12.3. The third-order valence-corrected chi connectivity index (χ3v) is 6.50. The zero-order valence-electron chi connectivity index (χ0n) is 16.1. The Morgan fingerprint density at radius 3 is 2.27 bits per heavy atom. The van der Waals surface area contributed by atoms with Crippen LogP contribution in [0.4, 0.5) is 0 Å². The van der Waals surface area contributed by atoms with E-state index in [1.165, 1.54) is 19.2 Å². The Hall–Kier alpha value is -1.60. The fourth-order valence-corrected chi connectivity index (χ4v) is 4.33. The molecule has 6 nitrogen and oxygen atoms in total. The van der Waals surface area contributed by atoms with Crippen molar-refractivity contribution < 1.29 is 17.9 Å². The topological polar surface area (TPSA) is 75.7 Å². The molecule has 7 heteroatoms. The number of methoxy groups -OCH3 is 1. The van der Waals surface area contributed by atoms with E-state index in [4.69, 9.17) is 4.74 Å². The smallest absolute Gasteiger partial charge is 0.257 e. The molecule has 1 aliphatic rings. The second-order valence-corrected chi connectivity index (χ2v) is 8.94. The van der Waals surface area contributed by atoms with Crippen molar-refractivity contribution in [2.75, 3.05) is 20.2 Å². The first-order valence-electron chi connectivity index (χ1n) is 9.26. The summed E-state index contributed by atoms with van der Waals surface area (Å²) >= 11 is 0. The number of amides is 1. The van der Waals surface area contributed by atoms with E-state index in [1.807, 2.05) is 20.8 Å². The van der Waals surface area contributed by atoms with Gasteiger partial charge in [-0.05, 0) is 43.9 Å². The molecule has 0 unspecified atom stereocenters. The van der Waals surface area contributed by atoms with Gasteiger partial charge in [0.25, 0.3) is 5.91 Å². The summed E-state index contributed by atoms with van der Waals surface area (Å²) in [6.45, 7) is 7.13. The molecule has 1 aliphatic heterocycles. The zero-order chi connectivity index (χ0) is 19.3. The number of benzene rings is 1. The quantitative estimate of drug-likeness (QED) is 0.820. The van der Waals surface area contributed by atoms with Crippen molar-refractivity contribution in [1.29, 1.82) is 0 Å². The van der Waals surface area contributed by atoms with Gasteiger partial charge in [0.15, 0.2) is 0 Å². The Labute approximate surface area is 157 Å². The van der Waals surface area contributed by atoms with Crippen molar-refractivity contribution in [3.8, 4) is 5.75 Å². The number of carbonyl (C=O) groups is 1. The van der Waals surface area contributed by atoms with Crippen LogP contribution in [0.5, 0.6) is 5.75 Å². The maximum Gasteiger partial charge on any atom is 0.257 e. The third kappa shape index (κ3) is 4.98. The monoisotopic (exact) mass is 382 g/mol. The molecule has 0 saturated carbocycles. The minimum atomic E-state index is -3.70. The number of hydrogen-bond acceptors (Lipinski definition) is 4. The van der Waals surface area contributed by atoms with E-state index in [2.05, 4.69) is 4.72 Å². The molecule has 1 aromatic carbocycles. The van der Waals surface area contributed by atoms with Gasteiger partial charge in [0.05, 0.1) is 17.6 Å². The van der Waals surface area contributed by atoms with E-state index < -0.39 is 10.0 Å². The number of rotatable bonds is 6. The number of sulfonamides is 1. The predicted molar refractivity (Wildman–Crippen MR) is 102 cm³/mol. The second kappa shape index (κ2) is 8.86. The van der Waals surface area contributed by atoms with Crippen molar-refractivity contribution >= 4 is 15.9 Å². The largest absolute Gasteiger partial charge is 0.496 e. The lowest BCUT2D eigenvalue weighted by atomic mass is 10.1. The van der Waals surface area contributed by atoms with Gasteiger partial charge in [-0.25, -0.2) is 13.1 Å². The van der Waals surface area contributed by atoms with E-state index in [0.29, 0.717) is 24.4 Å². The summed E-state index contributed by atoms with van der Waals surface area (Å²) in [5.74, 6) is 0.397. The van der Waals surface area contributed by atoms with Gasteiger partial charge in [0, 0.05) is 19.1 Å². The third-order valence-electron chi connectivity index (χ3n) is 4.95. The molecular weight excluding hydrogens is 352 g/mol. The van der Waals surface area contributed by atoms with E-state index in [1.54, 1.807) is 11.0 Å². The Kier molecular flexibility index (Phi) is 7.06. The van der Waals surface area contributed by atoms with Crippen LogP contribution in [0.25, 0.3) is 0 Å². The number of likely N-dealkylation sites (tertiary alicyclic amines) is 1. The first-order valence-corrected chi connectivity index (χ1v) is 10.7. The maximum atomic E-state index is 13.0. The van der Waals surface area contributed by atoms with Gasteiger partial charge >= 0.3 is 0 Å². The van der Waals surface area contributed by atoms with Crippen LogP contribution < -0.4 is 9.46 Å². The van der Waals surface area contributed by atoms with Crippen molar-refractivity contribution in [2.24, 2.45) is 5.92 Å². The summed E-state index contributed by atoms with van der Waals surface area (Å²) < 4.78 is 33.3. The second-order valence-electron chi connectivity index (χ2n) is 7.22. The minimum Gasteiger partial charge on any atom is -0.496 e. The molecule has 0 aliphatic carbocycles. The summed E-state index contributed by atoms with van der Waals surface area (Å²) in [5.41, 5.74) is 0.300. The zero-order valence-corrected chi connectivity index (χ0v) is 16.9. The van der Waals surface area contributed by atoms with Gasteiger partial charge in [-0.1, -0.05) is 26.7 Å². The molecule has 0 bridgehead atoms. The van der Waals surface area contributed by atoms with Crippen LogP contribution in [0, 0.1) is 5.92 Å². The van der Waals surface area contributed by atoms with Crippen molar-refractivity contribution in [3.63, 3.8) is 0 Å². The van der Waals surface area contributed by atoms with Gasteiger partial charge in [0.1, 0.15) is 5.75 Å². The highest BCUT2D eigenvalue weighted by molar-refractivity contribution is 7.89. The predicted octanol–water partition coefficient (Wildman–Crippen LogP) is 3.03. The Morgan fingerprint density at radius 2 is 1.73 bits per heavy atom. The average Bonchev–Trinajstić information content (AvgIpc) is 2.89. The number of hydrogen-bond donors (Lipinski definition) is 1. The van der Waals surface area contributed by atoms with Crippen molar-refractivity contribution in [2.45, 2.75) is 57.4 Å².